The zero-order valence-corrected chi connectivity index (χ0v) is 17.3. The molecule has 0 fully saturated rings. The number of hydrogen-bond donors (Lipinski definition) is 4. The number of aromatic hydroxyl groups is 1. The van der Waals surface area contributed by atoms with Gasteiger partial charge in [0.05, 0.1) is 19.2 Å². The van der Waals surface area contributed by atoms with Crippen LogP contribution in [0.25, 0.3) is 0 Å². The monoisotopic (exact) mass is 440 g/mol. The molecule has 0 aliphatic rings. The molecular formula is C20H20N6O4S. The third kappa shape index (κ3) is 6.78. The molecule has 0 spiro atoms. The van der Waals surface area contributed by atoms with E-state index in [1.807, 2.05) is 13.0 Å². The second-order valence-electron chi connectivity index (χ2n) is 6.08. The van der Waals surface area contributed by atoms with Crippen molar-refractivity contribution in [3.8, 4) is 11.5 Å². The minimum atomic E-state index is -0.457. The van der Waals surface area contributed by atoms with Crippen LogP contribution in [0.4, 0.5) is 15.6 Å². The Kier molecular flexibility index (Phi) is 7.49. The summed E-state index contributed by atoms with van der Waals surface area (Å²) in [6, 6.07) is 13.3. The smallest absolute Gasteiger partial charge is 0.325 e. The Labute approximate surface area is 182 Å². The zero-order chi connectivity index (χ0) is 22.1. The molecule has 0 saturated heterocycles. The molecule has 0 aliphatic heterocycles. The Morgan fingerprint density at radius 1 is 1.16 bits per heavy atom. The van der Waals surface area contributed by atoms with Crippen molar-refractivity contribution in [1.82, 2.24) is 15.6 Å². The molecule has 3 aromatic rings. The standard InChI is InChI=1S/C20H20N6O4S/c1-2-30-16-9-8-13(10-15(16)27)12-21-24-17(28)11-18-25-26-20(31-18)23-19(29)22-14-6-4-3-5-7-14/h3-10,12,27H,2,11H2,1H3,(H,24,28)(H2,22,23,26,29)/b21-12-. The van der Waals surface area contributed by atoms with Gasteiger partial charge in [0.15, 0.2) is 11.5 Å². The summed E-state index contributed by atoms with van der Waals surface area (Å²) in [5.74, 6) is -0.0352. The third-order valence-electron chi connectivity index (χ3n) is 3.72. The third-order valence-corrected chi connectivity index (χ3v) is 4.56. The van der Waals surface area contributed by atoms with Gasteiger partial charge in [-0.1, -0.05) is 29.5 Å². The Balaban J connectivity index is 1.46. The second kappa shape index (κ2) is 10.7. The number of rotatable bonds is 8. The Hall–Kier alpha value is -3.99. The minimum Gasteiger partial charge on any atom is -0.504 e. The number of nitrogens with one attached hydrogen (secondary N) is 3. The van der Waals surface area contributed by atoms with E-state index in [1.165, 1.54) is 12.3 Å². The number of carbonyl (C=O) groups excluding carboxylic acids is 2. The van der Waals surface area contributed by atoms with Crippen LogP contribution in [0.3, 0.4) is 0 Å². The van der Waals surface area contributed by atoms with Gasteiger partial charge in [-0.25, -0.2) is 10.2 Å². The van der Waals surface area contributed by atoms with Crippen molar-refractivity contribution in [2.45, 2.75) is 13.3 Å². The number of urea groups is 1. The lowest BCUT2D eigenvalue weighted by molar-refractivity contribution is -0.120. The molecule has 1 aromatic heterocycles. The Morgan fingerprint density at radius 3 is 2.71 bits per heavy atom. The number of carbonyl (C=O) groups is 2. The minimum absolute atomic E-state index is 0.0117. The fourth-order valence-electron chi connectivity index (χ4n) is 2.40. The van der Waals surface area contributed by atoms with E-state index in [-0.39, 0.29) is 17.3 Å². The van der Waals surface area contributed by atoms with Gasteiger partial charge in [-0.3, -0.25) is 10.1 Å². The van der Waals surface area contributed by atoms with Gasteiger partial charge in [0, 0.05) is 5.69 Å². The maximum Gasteiger partial charge on any atom is 0.325 e. The zero-order valence-electron chi connectivity index (χ0n) is 16.5. The molecule has 3 rings (SSSR count). The largest absolute Gasteiger partial charge is 0.504 e. The summed E-state index contributed by atoms with van der Waals surface area (Å²) < 4.78 is 5.25. The van der Waals surface area contributed by atoms with Gasteiger partial charge >= 0.3 is 6.03 Å². The molecule has 0 aliphatic carbocycles. The van der Waals surface area contributed by atoms with Gasteiger partial charge in [0.2, 0.25) is 11.0 Å². The topological polar surface area (TPSA) is 138 Å². The van der Waals surface area contributed by atoms with Gasteiger partial charge in [-0.15, -0.1) is 10.2 Å². The van der Waals surface area contributed by atoms with Crippen LogP contribution in [0.5, 0.6) is 11.5 Å². The molecule has 11 heteroatoms. The number of aromatic nitrogens is 2. The van der Waals surface area contributed by atoms with E-state index >= 15 is 0 Å². The number of phenols is 1. The normalized spacial score (nSPS) is 10.6. The molecule has 0 bridgehead atoms. The first-order valence-electron chi connectivity index (χ1n) is 9.26. The highest BCUT2D eigenvalue weighted by molar-refractivity contribution is 7.15. The molecule has 0 atom stereocenters. The number of hydrazone groups is 1. The summed E-state index contributed by atoms with van der Waals surface area (Å²) >= 11 is 1.08. The molecular weight excluding hydrogens is 420 g/mol. The summed E-state index contributed by atoms with van der Waals surface area (Å²) in [5, 5.41) is 27.4. The van der Waals surface area contributed by atoms with Crippen LogP contribution in [0.1, 0.15) is 17.5 Å². The first-order valence-corrected chi connectivity index (χ1v) is 10.1. The maximum atomic E-state index is 12.0. The average molecular weight is 440 g/mol. The first kappa shape index (κ1) is 21.7. The van der Waals surface area contributed by atoms with E-state index in [9.17, 15) is 14.7 Å². The molecule has 31 heavy (non-hydrogen) atoms. The molecule has 4 N–H and O–H groups in total. The summed E-state index contributed by atoms with van der Waals surface area (Å²) in [6.45, 7) is 2.26. The number of para-hydroxylation sites is 1. The molecule has 1 heterocycles. The van der Waals surface area contributed by atoms with E-state index in [1.54, 1.807) is 36.4 Å². The van der Waals surface area contributed by atoms with E-state index in [0.29, 0.717) is 28.6 Å². The van der Waals surface area contributed by atoms with Crippen LogP contribution < -0.4 is 20.8 Å². The fourth-order valence-corrected chi connectivity index (χ4v) is 3.14. The fraction of sp³-hybridized carbons (Fsp3) is 0.150. The van der Waals surface area contributed by atoms with E-state index in [2.05, 4.69) is 31.4 Å². The molecule has 160 valence electrons. The van der Waals surface area contributed by atoms with Crippen LogP contribution >= 0.6 is 11.3 Å². The number of nitrogens with zero attached hydrogens (tertiary/aromatic N) is 3. The van der Waals surface area contributed by atoms with Crippen molar-refractivity contribution in [1.29, 1.82) is 0 Å². The number of ether oxygens (including phenoxy) is 1. The van der Waals surface area contributed by atoms with Crippen molar-refractivity contribution >= 4 is 40.3 Å². The lowest BCUT2D eigenvalue weighted by Gasteiger charge is -2.05. The summed E-state index contributed by atoms with van der Waals surface area (Å²) in [6.07, 6.45) is 1.35. The quantitative estimate of drug-likeness (QED) is 0.314. The molecule has 3 amide bonds. The van der Waals surface area contributed by atoms with Gasteiger partial charge in [-0.2, -0.15) is 5.10 Å². The molecule has 10 nitrogen and oxygen atoms in total. The molecule has 0 unspecified atom stereocenters. The van der Waals surface area contributed by atoms with Gasteiger partial charge < -0.3 is 15.2 Å². The average Bonchev–Trinajstić information content (AvgIpc) is 3.17. The van der Waals surface area contributed by atoms with Gasteiger partial charge in [-0.05, 0) is 42.8 Å². The maximum absolute atomic E-state index is 12.0. The highest BCUT2D eigenvalue weighted by Crippen LogP contribution is 2.26. The van der Waals surface area contributed by atoms with Crippen molar-refractivity contribution in [3.63, 3.8) is 0 Å². The van der Waals surface area contributed by atoms with Crippen LogP contribution in [-0.2, 0) is 11.2 Å². The van der Waals surface area contributed by atoms with Crippen molar-refractivity contribution in [2.75, 3.05) is 17.2 Å². The second-order valence-corrected chi connectivity index (χ2v) is 7.14. The predicted molar refractivity (Wildman–Crippen MR) is 118 cm³/mol. The van der Waals surface area contributed by atoms with E-state index in [0.717, 1.165) is 11.3 Å². The summed E-state index contributed by atoms with van der Waals surface area (Å²) in [4.78, 5) is 24.0. The van der Waals surface area contributed by atoms with Gasteiger partial charge in [0.1, 0.15) is 5.01 Å². The molecule has 2 aromatic carbocycles. The number of benzene rings is 2. The van der Waals surface area contributed by atoms with Crippen molar-refractivity contribution in [2.24, 2.45) is 5.10 Å². The van der Waals surface area contributed by atoms with Gasteiger partial charge in [0.25, 0.3) is 0 Å². The van der Waals surface area contributed by atoms with Crippen molar-refractivity contribution < 1.29 is 19.4 Å². The van der Waals surface area contributed by atoms with E-state index in [4.69, 9.17) is 4.74 Å². The van der Waals surface area contributed by atoms with E-state index < -0.39 is 11.9 Å². The van der Waals surface area contributed by atoms with Crippen LogP contribution in [0.2, 0.25) is 0 Å². The number of amides is 3. The molecule has 0 radical (unpaired) electrons. The number of phenolic OH excluding ortho intramolecular Hbond substituents is 1. The highest BCUT2D eigenvalue weighted by Gasteiger charge is 2.11. The van der Waals surface area contributed by atoms with Crippen molar-refractivity contribution in [3.05, 3.63) is 59.1 Å². The van der Waals surface area contributed by atoms with Crippen LogP contribution in [0, 0.1) is 0 Å². The summed E-state index contributed by atoms with van der Waals surface area (Å²) in [7, 11) is 0. The predicted octanol–water partition coefficient (Wildman–Crippen LogP) is 2.98. The summed E-state index contributed by atoms with van der Waals surface area (Å²) in [5.41, 5.74) is 3.61. The SMILES string of the molecule is CCOc1ccc(/C=N\NC(=O)Cc2nnc(NC(=O)Nc3ccccc3)s2)cc1O. The number of hydrogen-bond acceptors (Lipinski definition) is 8. The highest BCUT2D eigenvalue weighted by atomic mass is 32.1. The van der Waals surface area contributed by atoms with Crippen LogP contribution in [0.15, 0.2) is 53.6 Å². The lowest BCUT2D eigenvalue weighted by Crippen LogP contribution is -2.19. The molecule has 0 saturated carbocycles. The number of anilines is 2. The van der Waals surface area contributed by atoms with Crippen LogP contribution in [-0.4, -0.2) is 40.1 Å². The Morgan fingerprint density at radius 2 is 1.97 bits per heavy atom. The Bertz CT molecular complexity index is 1070. The first-order chi connectivity index (χ1) is 15.0. The lowest BCUT2D eigenvalue weighted by atomic mass is 10.2.